The highest BCUT2D eigenvalue weighted by molar-refractivity contribution is 5.96. The van der Waals surface area contributed by atoms with Gasteiger partial charge in [0.05, 0.1) is 23.6 Å². The molecule has 0 unspecified atom stereocenters. The van der Waals surface area contributed by atoms with E-state index in [1.54, 1.807) is 48.1 Å². The minimum Gasteiger partial charge on any atom is -0.478 e. The van der Waals surface area contributed by atoms with E-state index in [2.05, 4.69) is 35.1 Å². The molecule has 6 rings (SSSR count). The van der Waals surface area contributed by atoms with Gasteiger partial charge >= 0.3 is 6.61 Å². The Kier molecular flexibility index (Phi) is 7.10. The summed E-state index contributed by atoms with van der Waals surface area (Å²) in [7, 11) is 1.57. The third-order valence-electron chi connectivity index (χ3n) is 6.71. The van der Waals surface area contributed by atoms with Crippen molar-refractivity contribution in [3.63, 3.8) is 0 Å². The zero-order valence-corrected chi connectivity index (χ0v) is 22.3. The summed E-state index contributed by atoms with van der Waals surface area (Å²) in [6.07, 6.45) is 3.94. The molecule has 1 fully saturated rings. The van der Waals surface area contributed by atoms with Gasteiger partial charge in [0.1, 0.15) is 30.0 Å². The molecule has 1 atom stereocenters. The van der Waals surface area contributed by atoms with Crippen LogP contribution in [0.25, 0.3) is 16.6 Å². The fraction of sp³-hybridized carbons (Fsp3) is 0.296. The van der Waals surface area contributed by atoms with E-state index < -0.39 is 36.8 Å². The van der Waals surface area contributed by atoms with E-state index in [9.17, 15) is 17.6 Å². The lowest BCUT2D eigenvalue weighted by Gasteiger charge is -2.36. The molecule has 42 heavy (non-hydrogen) atoms. The maximum absolute atomic E-state index is 14.9. The van der Waals surface area contributed by atoms with Crippen molar-refractivity contribution >= 4 is 28.1 Å². The van der Waals surface area contributed by atoms with Gasteiger partial charge in [-0.1, -0.05) is 0 Å². The molecule has 0 bridgehead atoms. The van der Waals surface area contributed by atoms with Gasteiger partial charge in [0, 0.05) is 30.9 Å². The van der Waals surface area contributed by atoms with Crippen molar-refractivity contribution in [1.82, 2.24) is 34.4 Å². The molecule has 11 nitrogen and oxygen atoms in total. The summed E-state index contributed by atoms with van der Waals surface area (Å²) in [5.41, 5.74) is 2.11. The molecule has 1 aromatic carbocycles. The first-order valence-corrected chi connectivity index (χ1v) is 12.8. The number of rotatable bonds is 8. The summed E-state index contributed by atoms with van der Waals surface area (Å²) in [6, 6.07) is 8.73. The lowest BCUT2D eigenvalue weighted by atomic mass is 10.0. The van der Waals surface area contributed by atoms with Crippen LogP contribution in [0.2, 0.25) is 0 Å². The Morgan fingerprint density at radius 2 is 1.93 bits per heavy atom. The molecular weight excluding hydrogens is 560 g/mol. The van der Waals surface area contributed by atoms with Crippen LogP contribution in [0.3, 0.4) is 0 Å². The van der Waals surface area contributed by atoms with E-state index in [-0.39, 0.29) is 23.1 Å². The van der Waals surface area contributed by atoms with Crippen molar-refractivity contribution in [1.29, 1.82) is 0 Å². The fourth-order valence-electron chi connectivity index (χ4n) is 4.72. The highest BCUT2D eigenvalue weighted by Crippen LogP contribution is 2.42. The number of likely N-dealkylation sites (tertiary alicyclic amines) is 1. The molecule has 0 aliphatic carbocycles. The summed E-state index contributed by atoms with van der Waals surface area (Å²) in [5, 5.41) is 7.24. The largest absolute Gasteiger partial charge is 0.478 e. The van der Waals surface area contributed by atoms with Gasteiger partial charge in [-0.15, -0.1) is 0 Å². The van der Waals surface area contributed by atoms with Crippen molar-refractivity contribution in [2.75, 3.05) is 25.5 Å². The number of pyridine rings is 2. The SMILES string of the molecule is Cc1cc(Nc2ncnc3cnc(OC(F)F)c(O[C@H]4CCN(C)CC4(F)F)c23)ccc1Oc1ccn2ncnc2c1. The molecule has 0 amide bonds. The first-order valence-electron chi connectivity index (χ1n) is 12.8. The molecule has 1 aliphatic rings. The van der Waals surface area contributed by atoms with Gasteiger partial charge in [-0.3, -0.25) is 0 Å². The van der Waals surface area contributed by atoms with Gasteiger partial charge in [0.25, 0.3) is 11.8 Å². The number of ether oxygens (including phenoxy) is 3. The number of anilines is 2. The molecule has 5 aromatic rings. The Morgan fingerprint density at radius 3 is 2.71 bits per heavy atom. The smallest absolute Gasteiger partial charge is 0.388 e. The second-order valence-electron chi connectivity index (χ2n) is 9.78. The molecule has 4 aromatic heterocycles. The molecule has 0 spiro atoms. The van der Waals surface area contributed by atoms with Crippen LogP contribution in [0.15, 0.2) is 55.4 Å². The minimum absolute atomic E-state index is 0.0465. The van der Waals surface area contributed by atoms with Crippen molar-refractivity contribution < 1.29 is 31.8 Å². The second-order valence-corrected chi connectivity index (χ2v) is 9.78. The predicted octanol–water partition coefficient (Wildman–Crippen LogP) is 5.23. The van der Waals surface area contributed by atoms with Gasteiger partial charge < -0.3 is 24.4 Å². The molecule has 0 saturated carbocycles. The predicted molar refractivity (Wildman–Crippen MR) is 143 cm³/mol. The van der Waals surface area contributed by atoms with Crippen LogP contribution in [0, 0.1) is 6.92 Å². The summed E-state index contributed by atoms with van der Waals surface area (Å²) in [4.78, 5) is 17.9. The summed E-state index contributed by atoms with van der Waals surface area (Å²) >= 11 is 0. The summed E-state index contributed by atoms with van der Waals surface area (Å²) in [5.74, 6) is -3.04. The lowest BCUT2D eigenvalue weighted by molar-refractivity contribution is -0.136. The maximum Gasteiger partial charge on any atom is 0.388 e. The van der Waals surface area contributed by atoms with Gasteiger partial charge in [0.15, 0.2) is 17.5 Å². The normalized spacial score (nSPS) is 17.1. The number of hydrogen-bond acceptors (Lipinski definition) is 10. The zero-order chi connectivity index (χ0) is 29.4. The molecule has 218 valence electrons. The van der Waals surface area contributed by atoms with Crippen LogP contribution in [-0.4, -0.2) is 73.2 Å². The molecular formula is C27H24F4N8O3. The molecule has 1 saturated heterocycles. The van der Waals surface area contributed by atoms with Crippen LogP contribution >= 0.6 is 0 Å². The monoisotopic (exact) mass is 584 g/mol. The Bertz CT molecular complexity index is 1750. The third kappa shape index (κ3) is 5.54. The molecule has 15 heteroatoms. The van der Waals surface area contributed by atoms with Crippen molar-refractivity contribution in [3.8, 4) is 23.1 Å². The number of aromatic nitrogens is 6. The zero-order valence-electron chi connectivity index (χ0n) is 22.3. The lowest BCUT2D eigenvalue weighted by Crippen LogP contribution is -2.52. The van der Waals surface area contributed by atoms with Crippen LogP contribution in [0.4, 0.5) is 29.1 Å². The Balaban J connectivity index is 1.33. The van der Waals surface area contributed by atoms with E-state index in [0.717, 1.165) is 5.56 Å². The first kappa shape index (κ1) is 27.4. The van der Waals surface area contributed by atoms with E-state index >= 15 is 0 Å². The fourth-order valence-corrected chi connectivity index (χ4v) is 4.72. The topological polar surface area (TPSA) is 112 Å². The quantitative estimate of drug-likeness (QED) is 0.243. The Hall–Kier alpha value is -4.79. The van der Waals surface area contributed by atoms with E-state index in [1.165, 1.54) is 23.8 Å². The third-order valence-corrected chi connectivity index (χ3v) is 6.71. The molecule has 5 heterocycles. The van der Waals surface area contributed by atoms with Crippen LogP contribution in [0.1, 0.15) is 12.0 Å². The van der Waals surface area contributed by atoms with Gasteiger partial charge in [-0.25, -0.2) is 33.2 Å². The number of alkyl halides is 4. The molecule has 1 aliphatic heterocycles. The van der Waals surface area contributed by atoms with E-state index in [0.29, 0.717) is 29.4 Å². The average molecular weight is 585 g/mol. The highest BCUT2D eigenvalue weighted by atomic mass is 19.3. The standard InChI is InChI=1S/C27H24F4N8O3/c1-15-9-16(3-4-19(15)40-17-5-8-39-21(10-17)34-14-36-39)37-24-22-18(33-13-35-24)11-32-25(42-26(28)29)23(22)41-20-6-7-38(2)12-27(20,30)31/h3-5,8-11,13-14,20,26H,6-7,12H2,1-2H3,(H,33,35,37)/t20-/m0/s1. The Labute approximate surface area is 236 Å². The van der Waals surface area contributed by atoms with Crippen LogP contribution in [-0.2, 0) is 0 Å². The van der Waals surface area contributed by atoms with Crippen LogP contribution < -0.4 is 19.5 Å². The number of aryl methyl sites for hydroxylation is 1. The highest BCUT2D eigenvalue weighted by Gasteiger charge is 2.46. The number of nitrogens with zero attached hydrogens (tertiary/aromatic N) is 7. The number of benzene rings is 1. The van der Waals surface area contributed by atoms with E-state index in [1.807, 2.05) is 6.92 Å². The van der Waals surface area contributed by atoms with Gasteiger partial charge in [0.2, 0.25) is 0 Å². The maximum atomic E-state index is 14.9. The van der Waals surface area contributed by atoms with Gasteiger partial charge in [-0.2, -0.15) is 13.9 Å². The first-order chi connectivity index (χ1) is 20.2. The Morgan fingerprint density at radius 1 is 1.07 bits per heavy atom. The number of piperidine rings is 1. The number of nitrogens with one attached hydrogen (secondary N) is 1. The number of fused-ring (bicyclic) bond motifs is 2. The second kappa shape index (κ2) is 10.9. The van der Waals surface area contributed by atoms with E-state index in [4.69, 9.17) is 9.47 Å². The van der Waals surface area contributed by atoms with Crippen molar-refractivity contribution in [2.45, 2.75) is 32.0 Å². The minimum atomic E-state index is -3.27. The van der Waals surface area contributed by atoms with Crippen LogP contribution in [0.5, 0.6) is 23.1 Å². The van der Waals surface area contributed by atoms with Crippen molar-refractivity contribution in [3.05, 3.63) is 60.9 Å². The van der Waals surface area contributed by atoms with Crippen molar-refractivity contribution in [2.24, 2.45) is 0 Å². The molecule has 0 radical (unpaired) electrons. The summed E-state index contributed by atoms with van der Waals surface area (Å²) in [6.45, 7) is -1.66. The molecule has 1 N–H and O–H groups in total. The van der Waals surface area contributed by atoms with Gasteiger partial charge in [-0.05, 0) is 43.8 Å². The average Bonchev–Trinajstić information content (AvgIpc) is 3.40. The number of halogens is 4. The number of hydrogen-bond donors (Lipinski definition) is 1. The summed E-state index contributed by atoms with van der Waals surface area (Å²) < 4.78 is 74.3.